The van der Waals surface area contributed by atoms with E-state index in [0.717, 1.165) is 0 Å². The summed E-state index contributed by atoms with van der Waals surface area (Å²) in [5.41, 5.74) is 0.324. The first kappa shape index (κ1) is 29.2. The van der Waals surface area contributed by atoms with Crippen LogP contribution in [-0.4, -0.2) is 97.4 Å². The van der Waals surface area contributed by atoms with Crippen molar-refractivity contribution in [3.05, 3.63) is 71.8 Å². The molecule has 1 N–H and O–H groups in total. The van der Waals surface area contributed by atoms with Crippen LogP contribution in [0.3, 0.4) is 0 Å². The number of ether oxygens (including phenoxy) is 1. The van der Waals surface area contributed by atoms with Crippen LogP contribution in [0.4, 0.5) is 0 Å². The summed E-state index contributed by atoms with van der Waals surface area (Å²) in [6, 6.07) is 17.6. The van der Waals surface area contributed by atoms with Gasteiger partial charge in [-0.15, -0.1) is 10.1 Å². The number of carbonyl (C=O) groups is 3. The average molecular weight is 527 g/mol. The monoisotopic (exact) mass is 526 g/mol. The third-order valence-corrected chi connectivity index (χ3v) is 5.62. The van der Waals surface area contributed by atoms with E-state index < -0.39 is 17.5 Å². The Morgan fingerprint density at radius 2 is 1.16 bits per heavy atom. The molecule has 0 radical (unpaired) electrons. The molecule has 1 heterocycles. The molecule has 2 aromatic rings. The highest BCUT2D eigenvalue weighted by molar-refractivity contribution is 5.89. The van der Waals surface area contributed by atoms with Gasteiger partial charge in [-0.1, -0.05) is 36.4 Å². The van der Waals surface area contributed by atoms with Gasteiger partial charge in [0.15, 0.2) is 0 Å². The van der Waals surface area contributed by atoms with E-state index in [9.17, 15) is 14.4 Å². The number of nitrogens with zero attached hydrogens (tertiary/aromatic N) is 3. The van der Waals surface area contributed by atoms with Crippen molar-refractivity contribution >= 4 is 17.9 Å². The lowest BCUT2D eigenvalue weighted by molar-refractivity contribution is -0.158. The van der Waals surface area contributed by atoms with E-state index in [1.165, 1.54) is 0 Å². The summed E-state index contributed by atoms with van der Waals surface area (Å²) < 4.78 is 5.52. The molecule has 2 aromatic carbocycles. The van der Waals surface area contributed by atoms with Crippen molar-refractivity contribution in [2.45, 2.75) is 26.4 Å². The van der Waals surface area contributed by atoms with Gasteiger partial charge in [0.25, 0.3) is 0 Å². The maximum Gasteiger partial charge on any atom is 0.357 e. The molecule has 0 amide bonds. The lowest BCUT2D eigenvalue weighted by Crippen LogP contribution is -2.47. The Bertz CT molecular complexity index is 961. The summed E-state index contributed by atoms with van der Waals surface area (Å²) in [6.45, 7) is 9.14. The van der Waals surface area contributed by atoms with Crippen LogP contribution < -0.4 is 5.32 Å². The van der Waals surface area contributed by atoms with Crippen LogP contribution >= 0.6 is 0 Å². The predicted molar refractivity (Wildman–Crippen MR) is 142 cm³/mol. The lowest BCUT2D eigenvalue weighted by Gasteiger charge is -2.30. The maximum atomic E-state index is 12.6. The van der Waals surface area contributed by atoms with E-state index in [1.807, 2.05) is 37.8 Å². The first-order valence-corrected chi connectivity index (χ1v) is 12.9. The molecule has 0 saturated carbocycles. The average Bonchev–Trinajstić information content (AvgIpc) is 2.88. The van der Waals surface area contributed by atoms with Gasteiger partial charge in [-0.3, -0.25) is 9.69 Å². The SMILES string of the molecule is CC(C)(C)OC(=O)CN1CCN(OC(=O)c2ccccc2)CCNCCN(OC(=O)c2ccccc2)CC1. The Morgan fingerprint density at radius 3 is 1.58 bits per heavy atom. The van der Waals surface area contributed by atoms with Gasteiger partial charge >= 0.3 is 17.9 Å². The highest BCUT2D eigenvalue weighted by Crippen LogP contribution is 2.09. The minimum absolute atomic E-state index is 0.0520. The molecule has 0 atom stereocenters. The smallest absolute Gasteiger partial charge is 0.357 e. The minimum atomic E-state index is -0.607. The molecule has 10 heteroatoms. The number of esters is 1. The minimum Gasteiger partial charge on any atom is -0.459 e. The molecule has 0 unspecified atom stereocenters. The Kier molecular flexibility index (Phi) is 11.2. The summed E-state index contributed by atoms with van der Waals surface area (Å²) in [5, 5.41) is 6.53. The highest BCUT2D eigenvalue weighted by atomic mass is 16.7. The van der Waals surface area contributed by atoms with Crippen LogP contribution in [0, 0.1) is 0 Å². The zero-order chi connectivity index (χ0) is 27.4. The summed E-state index contributed by atoms with van der Waals surface area (Å²) >= 11 is 0. The largest absolute Gasteiger partial charge is 0.459 e. The van der Waals surface area contributed by atoms with Gasteiger partial charge in [0, 0.05) is 52.4 Å². The van der Waals surface area contributed by atoms with Crippen LogP contribution in [0.25, 0.3) is 0 Å². The van der Waals surface area contributed by atoms with Crippen LogP contribution in [0.15, 0.2) is 60.7 Å². The number of hydrogen-bond donors (Lipinski definition) is 1. The van der Waals surface area contributed by atoms with Gasteiger partial charge in [-0.05, 0) is 45.0 Å². The fourth-order valence-electron chi connectivity index (χ4n) is 3.76. The van der Waals surface area contributed by atoms with Crippen molar-refractivity contribution in [1.29, 1.82) is 0 Å². The summed E-state index contributed by atoms with van der Waals surface area (Å²) in [5.74, 6) is -1.22. The summed E-state index contributed by atoms with van der Waals surface area (Å²) in [6.07, 6.45) is 0. The number of nitrogens with one attached hydrogen (secondary N) is 1. The zero-order valence-corrected chi connectivity index (χ0v) is 22.4. The van der Waals surface area contributed by atoms with Gasteiger partial charge in [-0.2, -0.15) is 0 Å². The van der Waals surface area contributed by atoms with E-state index >= 15 is 0 Å². The summed E-state index contributed by atoms with van der Waals surface area (Å²) in [7, 11) is 0. The molecule has 38 heavy (non-hydrogen) atoms. The molecular weight excluding hydrogens is 488 g/mol. The Balaban J connectivity index is 1.67. The van der Waals surface area contributed by atoms with Gasteiger partial charge in [0.1, 0.15) is 5.60 Å². The van der Waals surface area contributed by atoms with Gasteiger partial charge in [0.05, 0.1) is 17.7 Å². The molecule has 3 rings (SSSR count). The predicted octanol–water partition coefficient (Wildman–Crippen LogP) is 2.38. The second-order valence-corrected chi connectivity index (χ2v) is 9.96. The number of carbonyl (C=O) groups excluding carboxylic acids is 3. The van der Waals surface area contributed by atoms with Gasteiger partial charge in [-0.25, -0.2) is 9.59 Å². The van der Waals surface area contributed by atoms with E-state index in [-0.39, 0.29) is 12.5 Å². The van der Waals surface area contributed by atoms with Crippen molar-refractivity contribution in [1.82, 2.24) is 20.3 Å². The second-order valence-electron chi connectivity index (χ2n) is 9.96. The number of hydroxylamine groups is 4. The van der Waals surface area contributed by atoms with Crippen molar-refractivity contribution in [3.8, 4) is 0 Å². The molecule has 206 valence electrons. The molecule has 0 aliphatic carbocycles. The quantitative estimate of drug-likeness (QED) is 0.565. The molecule has 10 nitrogen and oxygen atoms in total. The molecular formula is C28H38N4O6. The first-order chi connectivity index (χ1) is 18.2. The first-order valence-electron chi connectivity index (χ1n) is 12.9. The Morgan fingerprint density at radius 1 is 0.711 bits per heavy atom. The van der Waals surface area contributed by atoms with Crippen molar-refractivity contribution in [2.75, 3.05) is 58.9 Å². The molecule has 1 saturated heterocycles. The molecule has 1 aliphatic heterocycles. The molecule has 0 aromatic heterocycles. The third kappa shape index (κ3) is 10.6. The Labute approximate surface area is 224 Å². The van der Waals surface area contributed by atoms with Gasteiger partial charge < -0.3 is 19.7 Å². The fraction of sp³-hybridized carbons (Fsp3) is 0.464. The van der Waals surface area contributed by atoms with Gasteiger partial charge in [0.2, 0.25) is 0 Å². The van der Waals surface area contributed by atoms with Crippen LogP contribution in [-0.2, 0) is 19.2 Å². The summed E-state index contributed by atoms with van der Waals surface area (Å²) in [4.78, 5) is 51.1. The maximum absolute atomic E-state index is 12.6. The van der Waals surface area contributed by atoms with E-state index in [0.29, 0.717) is 63.5 Å². The standard InChI is InChI=1S/C28H38N4O6/c1-28(2,3)36-25(33)22-30-18-20-31(37-26(34)23-10-6-4-7-11-23)16-14-29-15-17-32(21-19-30)38-27(35)24-12-8-5-9-13-24/h4-13,29H,14-22H2,1-3H3. The second kappa shape index (κ2) is 14.6. The third-order valence-electron chi connectivity index (χ3n) is 5.62. The Hall–Kier alpha value is -3.31. The fourth-order valence-corrected chi connectivity index (χ4v) is 3.76. The normalized spacial score (nSPS) is 17.0. The molecule has 1 fully saturated rings. The van der Waals surface area contributed by atoms with Crippen molar-refractivity contribution < 1.29 is 28.8 Å². The number of benzene rings is 2. The number of rotatable bonds is 6. The topological polar surface area (TPSA) is 101 Å². The molecule has 1 aliphatic rings. The molecule has 0 spiro atoms. The highest BCUT2D eigenvalue weighted by Gasteiger charge is 2.23. The molecule has 0 bridgehead atoms. The number of hydrogen-bond acceptors (Lipinski definition) is 10. The lowest BCUT2D eigenvalue weighted by atomic mass is 10.2. The van der Waals surface area contributed by atoms with Crippen LogP contribution in [0.1, 0.15) is 41.5 Å². The van der Waals surface area contributed by atoms with E-state index in [2.05, 4.69) is 5.32 Å². The van der Waals surface area contributed by atoms with Crippen LogP contribution in [0.5, 0.6) is 0 Å². The zero-order valence-electron chi connectivity index (χ0n) is 22.4. The van der Waals surface area contributed by atoms with E-state index in [4.69, 9.17) is 14.4 Å². The van der Waals surface area contributed by atoms with E-state index in [1.54, 1.807) is 58.7 Å². The van der Waals surface area contributed by atoms with Crippen molar-refractivity contribution in [3.63, 3.8) is 0 Å². The van der Waals surface area contributed by atoms with Crippen molar-refractivity contribution in [2.24, 2.45) is 0 Å². The van der Waals surface area contributed by atoms with Crippen LogP contribution in [0.2, 0.25) is 0 Å².